The van der Waals surface area contributed by atoms with E-state index in [1.807, 2.05) is 30.0 Å². The van der Waals surface area contributed by atoms with Gasteiger partial charge < -0.3 is 20.2 Å². The summed E-state index contributed by atoms with van der Waals surface area (Å²) in [6, 6.07) is 9.69. The molecule has 0 spiro atoms. The van der Waals surface area contributed by atoms with Gasteiger partial charge in [-0.1, -0.05) is 22.9 Å². The van der Waals surface area contributed by atoms with Crippen LogP contribution in [0.4, 0.5) is 10.1 Å². The van der Waals surface area contributed by atoms with Crippen molar-refractivity contribution in [2.75, 3.05) is 37.7 Å². The van der Waals surface area contributed by atoms with Crippen molar-refractivity contribution in [3.63, 3.8) is 0 Å². The number of hydrogen-bond acceptors (Lipinski definition) is 6. The van der Waals surface area contributed by atoms with Crippen molar-refractivity contribution in [3.05, 3.63) is 52.8 Å². The minimum atomic E-state index is -0.386. The third-order valence-electron chi connectivity index (χ3n) is 6.93. The first kappa shape index (κ1) is 23.0. The van der Waals surface area contributed by atoms with Crippen LogP contribution in [0.3, 0.4) is 0 Å². The molecule has 5 rings (SSSR count). The van der Waals surface area contributed by atoms with Crippen molar-refractivity contribution in [1.29, 1.82) is 0 Å². The van der Waals surface area contributed by atoms with Gasteiger partial charge in [-0.3, -0.25) is 4.79 Å². The smallest absolute Gasteiger partial charge is 0.240 e. The number of carbonyl (C=O) groups excluding carboxylic acids is 1. The fraction of sp³-hybridized carbons (Fsp3) is 0.458. The largest absolute Gasteiger partial charge is 0.394 e. The summed E-state index contributed by atoms with van der Waals surface area (Å²) in [5.41, 5.74) is 2.93. The number of halogens is 2. The summed E-state index contributed by atoms with van der Waals surface area (Å²) >= 11 is 5.91. The summed E-state index contributed by atoms with van der Waals surface area (Å²) in [5, 5.41) is 22.2. The quantitative estimate of drug-likeness (QED) is 0.576. The first-order valence-corrected chi connectivity index (χ1v) is 12.0. The molecule has 2 saturated heterocycles. The highest BCUT2D eigenvalue weighted by atomic mass is 35.5. The van der Waals surface area contributed by atoms with E-state index in [0.29, 0.717) is 35.7 Å². The Morgan fingerprint density at radius 3 is 2.88 bits per heavy atom. The predicted molar refractivity (Wildman–Crippen MR) is 129 cm³/mol. The third-order valence-corrected chi connectivity index (χ3v) is 7.17. The van der Waals surface area contributed by atoms with Gasteiger partial charge in [-0.15, -0.1) is 5.10 Å². The Morgan fingerprint density at radius 1 is 1.29 bits per heavy atom. The summed E-state index contributed by atoms with van der Waals surface area (Å²) in [7, 11) is 0. The van der Waals surface area contributed by atoms with E-state index < -0.39 is 0 Å². The van der Waals surface area contributed by atoms with Crippen LogP contribution in [-0.4, -0.2) is 75.8 Å². The number of rotatable bonds is 5. The Bertz CT molecular complexity index is 1200. The molecule has 34 heavy (non-hydrogen) atoms. The zero-order valence-electron chi connectivity index (χ0n) is 19.0. The molecule has 8 nitrogen and oxygen atoms in total. The molecule has 0 saturated carbocycles. The highest BCUT2D eigenvalue weighted by molar-refractivity contribution is 6.30. The molecule has 10 heteroatoms. The molecule has 0 unspecified atom stereocenters. The Morgan fingerprint density at radius 2 is 2.15 bits per heavy atom. The summed E-state index contributed by atoms with van der Waals surface area (Å²) in [4.78, 5) is 16.9. The lowest BCUT2D eigenvalue weighted by molar-refractivity contribution is -0.136. The fourth-order valence-electron chi connectivity index (χ4n) is 5.01. The van der Waals surface area contributed by atoms with E-state index in [2.05, 4.69) is 20.5 Å². The maximum atomic E-state index is 14.5. The molecule has 180 valence electrons. The van der Waals surface area contributed by atoms with Crippen molar-refractivity contribution in [2.45, 2.75) is 37.9 Å². The van der Waals surface area contributed by atoms with Gasteiger partial charge >= 0.3 is 0 Å². The second-order valence-corrected chi connectivity index (χ2v) is 9.45. The molecular weight excluding hydrogens is 459 g/mol. The van der Waals surface area contributed by atoms with E-state index in [9.17, 15) is 14.3 Å². The number of amides is 1. The van der Waals surface area contributed by atoms with Crippen molar-refractivity contribution in [2.24, 2.45) is 0 Å². The lowest BCUT2D eigenvalue weighted by Gasteiger charge is -2.42. The first-order chi connectivity index (χ1) is 16.5. The van der Waals surface area contributed by atoms with Crippen molar-refractivity contribution < 1.29 is 14.3 Å². The number of carbonyl (C=O) groups is 1. The Labute approximate surface area is 202 Å². The van der Waals surface area contributed by atoms with E-state index >= 15 is 0 Å². The molecule has 1 aromatic heterocycles. The normalized spacial score (nSPS) is 21.9. The maximum absolute atomic E-state index is 14.5. The topological polar surface area (TPSA) is 86.5 Å². The predicted octanol–water partition coefficient (Wildman–Crippen LogP) is 2.59. The van der Waals surface area contributed by atoms with Crippen molar-refractivity contribution in [1.82, 2.24) is 25.2 Å². The van der Waals surface area contributed by atoms with Crippen LogP contribution in [0.2, 0.25) is 5.02 Å². The number of aliphatic hydroxyl groups excluding tert-OH is 1. The summed E-state index contributed by atoms with van der Waals surface area (Å²) in [6.07, 6.45) is 1.84. The lowest BCUT2D eigenvalue weighted by Crippen LogP contribution is -2.59. The van der Waals surface area contributed by atoms with Gasteiger partial charge in [0.05, 0.1) is 30.2 Å². The van der Waals surface area contributed by atoms with E-state index in [1.165, 1.54) is 6.07 Å². The molecule has 1 amide bonds. The molecule has 0 aliphatic carbocycles. The van der Waals surface area contributed by atoms with Crippen LogP contribution in [0.15, 0.2) is 36.4 Å². The van der Waals surface area contributed by atoms with Crippen LogP contribution >= 0.6 is 11.6 Å². The fourth-order valence-corrected chi connectivity index (χ4v) is 5.17. The van der Waals surface area contributed by atoms with Gasteiger partial charge in [-0.2, -0.15) is 0 Å². The number of aromatic nitrogens is 3. The number of piperazine rings is 1. The highest BCUT2D eigenvalue weighted by Crippen LogP contribution is 2.29. The monoisotopic (exact) mass is 486 g/mol. The SMILES string of the molecule is C[C@H](c1ccc(Cl)cc1F)n1nnc2ccc(N3CCN(C(=O)[C@H]4CCCN4)[C@H](CO)C3)cc21. The average Bonchev–Trinajstić information content (AvgIpc) is 3.53. The summed E-state index contributed by atoms with van der Waals surface area (Å²) in [6.45, 7) is 4.37. The number of aliphatic hydroxyl groups is 1. The average molecular weight is 487 g/mol. The van der Waals surface area contributed by atoms with Gasteiger partial charge in [0, 0.05) is 35.9 Å². The van der Waals surface area contributed by atoms with E-state index in [-0.39, 0.29) is 36.5 Å². The van der Waals surface area contributed by atoms with Crippen molar-refractivity contribution >= 4 is 34.2 Å². The van der Waals surface area contributed by atoms with E-state index in [4.69, 9.17) is 11.6 Å². The number of benzene rings is 2. The molecule has 2 aromatic carbocycles. The molecule has 2 N–H and O–H groups in total. The molecular formula is C24H28ClFN6O2. The van der Waals surface area contributed by atoms with Crippen LogP contribution in [0.25, 0.3) is 11.0 Å². The Hall–Kier alpha value is -2.75. The van der Waals surface area contributed by atoms with Crippen LogP contribution < -0.4 is 10.2 Å². The molecule has 0 bridgehead atoms. The summed E-state index contributed by atoms with van der Waals surface area (Å²) in [5.74, 6) is -0.309. The van der Waals surface area contributed by atoms with Crippen LogP contribution in [0, 0.1) is 5.82 Å². The molecule has 2 aliphatic heterocycles. The van der Waals surface area contributed by atoms with Gasteiger partial charge in [0.1, 0.15) is 11.3 Å². The number of hydrogen-bond donors (Lipinski definition) is 2. The molecule has 3 aromatic rings. The highest BCUT2D eigenvalue weighted by Gasteiger charge is 2.35. The molecule has 2 fully saturated rings. The zero-order chi connectivity index (χ0) is 23.8. The van der Waals surface area contributed by atoms with E-state index in [1.54, 1.807) is 16.8 Å². The Kier molecular flexibility index (Phi) is 6.42. The molecule has 2 aliphatic rings. The van der Waals surface area contributed by atoms with Crippen LogP contribution in [-0.2, 0) is 4.79 Å². The molecule has 3 atom stereocenters. The minimum absolute atomic E-state index is 0.0766. The second kappa shape index (κ2) is 9.48. The number of anilines is 1. The first-order valence-electron chi connectivity index (χ1n) is 11.7. The molecule has 0 radical (unpaired) electrons. The van der Waals surface area contributed by atoms with Crippen LogP contribution in [0.1, 0.15) is 31.4 Å². The van der Waals surface area contributed by atoms with Gasteiger partial charge in [0.15, 0.2) is 0 Å². The minimum Gasteiger partial charge on any atom is -0.394 e. The standard InChI is InChI=1S/C24H28ClFN6O2/c1-15(19-6-4-16(25)11-20(19)26)32-23-12-17(5-7-21(23)28-29-32)30-9-10-31(18(13-30)14-33)24(34)22-3-2-8-27-22/h4-7,11-12,15,18,22,27,33H,2-3,8-10,13-14H2,1H3/t15-,18+,22-/m1/s1. The Balaban J connectivity index is 1.39. The number of nitrogens with one attached hydrogen (secondary N) is 1. The third kappa shape index (κ3) is 4.23. The zero-order valence-corrected chi connectivity index (χ0v) is 19.7. The van der Waals surface area contributed by atoms with Gasteiger partial charge in [0.2, 0.25) is 5.91 Å². The van der Waals surface area contributed by atoms with E-state index in [0.717, 1.165) is 30.6 Å². The van der Waals surface area contributed by atoms with Crippen LogP contribution in [0.5, 0.6) is 0 Å². The maximum Gasteiger partial charge on any atom is 0.240 e. The van der Waals surface area contributed by atoms with Gasteiger partial charge in [-0.05, 0) is 56.6 Å². The number of nitrogens with zero attached hydrogens (tertiary/aromatic N) is 5. The number of fused-ring (bicyclic) bond motifs is 1. The van der Waals surface area contributed by atoms with Crippen molar-refractivity contribution in [3.8, 4) is 0 Å². The summed E-state index contributed by atoms with van der Waals surface area (Å²) < 4.78 is 16.3. The van der Waals surface area contributed by atoms with Gasteiger partial charge in [0.25, 0.3) is 0 Å². The van der Waals surface area contributed by atoms with Gasteiger partial charge in [-0.25, -0.2) is 9.07 Å². The lowest BCUT2D eigenvalue weighted by atomic mass is 10.1. The molecule has 3 heterocycles. The second-order valence-electron chi connectivity index (χ2n) is 9.01.